The minimum absolute atomic E-state index is 0.0557. The van der Waals surface area contributed by atoms with Crippen LogP contribution in [-0.4, -0.2) is 68.3 Å². The van der Waals surface area contributed by atoms with Gasteiger partial charge in [-0.15, -0.1) is 0 Å². The highest BCUT2D eigenvalue weighted by Gasteiger charge is 2.26. The van der Waals surface area contributed by atoms with Crippen LogP contribution in [0, 0.1) is 5.92 Å². The zero-order valence-electron chi connectivity index (χ0n) is 41.5. The molecule has 0 saturated heterocycles. The second-order valence-electron chi connectivity index (χ2n) is 18.1. The molecule has 1 amide bonds. The predicted molar refractivity (Wildman–Crippen MR) is 261 cm³/mol. The van der Waals surface area contributed by atoms with E-state index in [9.17, 15) is 23.8 Å². The number of hydrogen-bond donors (Lipinski definition) is 3. The predicted octanol–water partition coefficient (Wildman–Crippen LogP) is 14.0. The summed E-state index contributed by atoms with van der Waals surface area (Å²) >= 11 is 0. The highest BCUT2D eigenvalue weighted by molar-refractivity contribution is 7.47. The van der Waals surface area contributed by atoms with Crippen LogP contribution in [0.2, 0.25) is 0 Å². The second-order valence-corrected chi connectivity index (χ2v) is 19.6. The molecule has 0 aromatic heterocycles. The third kappa shape index (κ3) is 44.1. The quantitative estimate of drug-likeness (QED) is 0.0306. The number of phosphoric acid groups is 1. The molecule has 3 unspecified atom stereocenters. The average molecular weight is 917 g/mol. The number of carbonyl (C=O) groups is 3. The molecular formula is C51H101N2O9P. The molecule has 0 aliphatic carbocycles. The van der Waals surface area contributed by atoms with Gasteiger partial charge in [0.15, 0.2) is 6.10 Å². The van der Waals surface area contributed by atoms with Gasteiger partial charge in [-0.25, -0.2) is 4.57 Å². The summed E-state index contributed by atoms with van der Waals surface area (Å²) in [5.41, 5.74) is 0. The smallest absolute Gasteiger partial charge is 0.462 e. The Bertz CT molecular complexity index is 1080. The summed E-state index contributed by atoms with van der Waals surface area (Å²) in [6, 6.07) is 0. The molecule has 0 heterocycles. The van der Waals surface area contributed by atoms with Crippen LogP contribution in [0.15, 0.2) is 0 Å². The molecule has 374 valence electrons. The Balaban J connectivity index is 4.79. The van der Waals surface area contributed by atoms with E-state index in [2.05, 4.69) is 38.3 Å². The van der Waals surface area contributed by atoms with Crippen LogP contribution in [0.1, 0.15) is 259 Å². The van der Waals surface area contributed by atoms with Crippen LogP contribution in [0.25, 0.3) is 0 Å². The molecule has 12 heteroatoms. The van der Waals surface area contributed by atoms with Crippen LogP contribution >= 0.6 is 7.82 Å². The fourth-order valence-corrected chi connectivity index (χ4v) is 8.59. The normalized spacial score (nSPS) is 13.4. The van der Waals surface area contributed by atoms with Gasteiger partial charge in [-0.1, -0.05) is 207 Å². The van der Waals surface area contributed by atoms with Gasteiger partial charge in [-0.2, -0.15) is 0 Å². The Morgan fingerprint density at radius 3 is 1.38 bits per heavy atom. The summed E-state index contributed by atoms with van der Waals surface area (Å²) in [5, 5.41) is 6.30. The monoisotopic (exact) mass is 917 g/mol. The molecule has 0 bridgehead atoms. The van der Waals surface area contributed by atoms with Crippen LogP contribution in [0.4, 0.5) is 0 Å². The molecule has 0 aromatic rings. The lowest BCUT2D eigenvalue weighted by Gasteiger charge is -2.20. The molecule has 3 N–H and O–H groups in total. The molecule has 0 spiro atoms. The average Bonchev–Trinajstić information content (AvgIpc) is 3.27. The Morgan fingerprint density at radius 2 is 0.889 bits per heavy atom. The van der Waals surface area contributed by atoms with Crippen molar-refractivity contribution in [2.75, 3.05) is 39.5 Å². The summed E-state index contributed by atoms with van der Waals surface area (Å²) in [4.78, 5) is 49.0. The minimum Gasteiger partial charge on any atom is -0.462 e. The van der Waals surface area contributed by atoms with E-state index >= 15 is 0 Å². The van der Waals surface area contributed by atoms with Crippen LogP contribution in [0.5, 0.6) is 0 Å². The third-order valence-corrected chi connectivity index (χ3v) is 12.9. The van der Waals surface area contributed by atoms with Crippen molar-refractivity contribution >= 4 is 25.7 Å². The third-order valence-electron chi connectivity index (χ3n) is 11.9. The Hall–Kier alpha value is -1.52. The largest absolute Gasteiger partial charge is 0.472 e. The van der Waals surface area contributed by atoms with Crippen LogP contribution < -0.4 is 10.6 Å². The van der Waals surface area contributed by atoms with E-state index in [0.717, 1.165) is 103 Å². The second kappa shape index (κ2) is 47.0. The molecule has 63 heavy (non-hydrogen) atoms. The number of carbonyl (C=O) groups excluding carboxylic acids is 3. The lowest BCUT2D eigenvalue weighted by atomic mass is 9.95. The highest BCUT2D eigenvalue weighted by Crippen LogP contribution is 2.43. The summed E-state index contributed by atoms with van der Waals surface area (Å²) in [6.07, 6.45) is 38.7. The summed E-state index contributed by atoms with van der Waals surface area (Å²) in [7, 11) is -4.56. The number of unbranched alkanes of at least 4 members (excludes halogenated alkanes) is 27. The van der Waals surface area contributed by atoms with E-state index in [-0.39, 0.29) is 44.4 Å². The first kappa shape index (κ1) is 61.5. The van der Waals surface area contributed by atoms with Gasteiger partial charge in [-0.05, 0) is 51.6 Å². The van der Waals surface area contributed by atoms with E-state index in [1.807, 2.05) is 0 Å². The first-order valence-electron chi connectivity index (χ1n) is 26.6. The van der Waals surface area contributed by atoms with Gasteiger partial charge in [0, 0.05) is 25.3 Å². The molecule has 0 rings (SSSR count). The fraction of sp³-hybridized carbons (Fsp3) is 0.941. The van der Waals surface area contributed by atoms with Crippen molar-refractivity contribution in [2.45, 2.75) is 265 Å². The van der Waals surface area contributed by atoms with Crippen molar-refractivity contribution in [3.8, 4) is 0 Å². The molecule has 0 aromatic carbocycles. The van der Waals surface area contributed by atoms with Crippen molar-refractivity contribution in [3.63, 3.8) is 0 Å². The Labute approximate surface area is 387 Å². The van der Waals surface area contributed by atoms with E-state index < -0.39 is 32.5 Å². The van der Waals surface area contributed by atoms with Crippen molar-refractivity contribution < 1.29 is 42.4 Å². The van der Waals surface area contributed by atoms with Crippen molar-refractivity contribution in [2.24, 2.45) is 5.92 Å². The SMILES string of the molecule is CCCCCCCCCCCCCCCC(=O)OCC(COP(=O)(O)OCCNC(=O)C(CCCCC)CCCNCCCC)OC(=O)CCCCCCCCCCCCCCC. The topological polar surface area (TPSA) is 149 Å². The number of hydrogen-bond acceptors (Lipinski definition) is 9. The van der Waals surface area contributed by atoms with Crippen molar-refractivity contribution in [3.05, 3.63) is 0 Å². The number of phosphoric ester groups is 1. The Kier molecular flexibility index (Phi) is 45.9. The van der Waals surface area contributed by atoms with Gasteiger partial charge in [0.2, 0.25) is 5.91 Å². The minimum atomic E-state index is -4.56. The zero-order chi connectivity index (χ0) is 46.3. The van der Waals surface area contributed by atoms with Gasteiger partial charge >= 0.3 is 19.8 Å². The number of ether oxygens (including phenoxy) is 2. The van der Waals surface area contributed by atoms with E-state index in [1.54, 1.807) is 0 Å². The molecule has 11 nitrogen and oxygen atoms in total. The van der Waals surface area contributed by atoms with E-state index in [0.29, 0.717) is 6.42 Å². The van der Waals surface area contributed by atoms with Gasteiger partial charge < -0.3 is 25.0 Å². The maximum atomic E-state index is 13.0. The van der Waals surface area contributed by atoms with Crippen molar-refractivity contribution in [1.29, 1.82) is 0 Å². The molecule has 3 atom stereocenters. The first-order chi connectivity index (χ1) is 30.7. The lowest BCUT2D eigenvalue weighted by molar-refractivity contribution is -0.161. The highest BCUT2D eigenvalue weighted by atomic mass is 31.2. The van der Waals surface area contributed by atoms with Crippen LogP contribution in [0.3, 0.4) is 0 Å². The fourth-order valence-electron chi connectivity index (χ4n) is 7.83. The number of nitrogens with one attached hydrogen (secondary N) is 2. The molecular weight excluding hydrogens is 816 g/mol. The van der Waals surface area contributed by atoms with Gasteiger partial charge in [0.1, 0.15) is 6.61 Å². The summed E-state index contributed by atoms with van der Waals surface area (Å²) in [5.74, 6) is -1.05. The maximum Gasteiger partial charge on any atom is 0.472 e. The molecule has 0 fully saturated rings. The van der Waals surface area contributed by atoms with Crippen LogP contribution in [-0.2, 0) is 37.5 Å². The maximum absolute atomic E-state index is 13.0. The van der Waals surface area contributed by atoms with E-state index in [1.165, 1.54) is 122 Å². The first-order valence-corrected chi connectivity index (χ1v) is 28.1. The van der Waals surface area contributed by atoms with Crippen molar-refractivity contribution in [1.82, 2.24) is 10.6 Å². The molecule has 0 saturated carbocycles. The number of rotatable bonds is 50. The molecule has 0 aliphatic rings. The standard InChI is InChI=1S/C51H101N2O9P/c1-5-9-13-15-17-19-21-23-25-27-29-31-34-39-49(54)59-45-48(62-50(55)40-35-32-30-28-26-24-22-20-18-16-14-10-6-2)46-61-63(57,58)60-44-43-53-51(56)47(37-33-11-7-3)38-36-42-52-41-12-8-4/h47-48,52H,5-46H2,1-4H3,(H,53,56)(H,57,58). The number of esters is 2. The summed E-state index contributed by atoms with van der Waals surface area (Å²) < 4.78 is 34.4. The van der Waals surface area contributed by atoms with E-state index in [4.69, 9.17) is 18.5 Å². The zero-order valence-corrected chi connectivity index (χ0v) is 42.4. The van der Waals surface area contributed by atoms with Gasteiger partial charge in [-0.3, -0.25) is 23.4 Å². The lowest BCUT2D eigenvalue weighted by Crippen LogP contribution is -2.33. The van der Waals surface area contributed by atoms with Gasteiger partial charge in [0.25, 0.3) is 0 Å². The number of amides is 1. The molecule has 0 aliphatic heterocycles. The van der Waals surface area contributed by atoms with Gasteiger partial charge in [0.05, 0.1) is 13.2 Å². The molecule has 0 radical (unpaired) electrons. The summed E-state index contributed by atoms with van der Waals surface area (Å²) in [6.45, 7) is 9.75. The Morgan fingerprint density at radius 1 is 0.476 bits per heavy atom.